The molecule has 1 aliphatic heterocycles. The van der Waals surface area contributed by atoms with E-state index < -0.39 is 18.1 Å². The Morgan fingerprint density at radius 1 is 1.10 bits per heavy atom. The van der Waals surface area contributed by atoms with Crippen LogP contribution in [0.2, 0.25) is 0 Å². The number of hydrogen-bond donors (Lipinski definition) is 2. The van der Waals surface area contributed by atoms with Crippen LogP contribution in [0.15, 0.2) is 61.1 Å². The van der Waals surface area contributed by atoms with Gasteiger partial charge in [0.15, 0.2) is 11.3 Å². The minimum atomic E-state index is -4.67. The van der Waals surface area contributed by atoms with Crippen molar-refractivity contribution in [3.8, 4) is 16.9 Å². The fourth-order valence-electron chi connectivity index (χ4n) is 5.38. The second-order valence-electron chi connectivity index (χ2n) is 9.97. The molecule has 0 saturated heterocycles. The summed E-state index contributed by atoms with van der Waals surface area (Å²) in [6.07, 6.45) is -0.655. The van der Waals surface area contributed by atoms with Crippen LogP contribution < -0.4 is 10.4 Å². The first-order chi connectivity index (χ1) is 19.6. The number of nitrogens with one attached hydrogen (secondary N) is 1. The van der Waals surface area contributed by atoms with Crippen molar-refractivity contribution in [2.45, 2.75) is 31.9 Å². The van der Waals surface area contributed by atoms with Gasteiger partial charge in [-0.15, -0.1) is 0 Å². The van der Waals surface area contributed by atoms with Gasteiger partial charge in [-0.05, 0) is 59.0 Å². The van der Waals surface area contributed by atoms with Gasteiger partial charge < -0.3 is 9.84 Å². The summed E-state index contributed by atoms with van der Waals surface area (Å²) in [4.78, 5) is 6.20. The molecule has 41 heavy (non-hydrogen) atoms. The van der Waals surface area contributed by atoms with Gasteiger partial charge in [-0.1, -0.05) is 6.07 Å². The SMILES string of the molecule is COc1ccnc(CN2CCc3c(-c4cn(C)nc4C(F)(F)F)cc(Cn4nc5ccccn5c4=N)cc3C2O)c1. The van der Waals surface area contributed by atoms with Crippen molar-refractivity contribution in [3.63, 3.8) is 0 Å². The van der Waals surface area contributed by atoms with Crippen molar-refractivity contribution in [1.29, 1.82) is 5.41 Å². The molecule has 1 aromatic carbocycles. The molecule has 212 valence electrons. The van der Waals surface area contributed by atoms with Crippen molar-refractivity contribution in [2.75, 3.05) is 13.7 Å². The van der Waals surface area contributed by atoms with E-state index >= 15 is 0 Å². The van der Waals surface area contributed by atoms with Crippen LogP contribution >= 0.6 is 0 Å². The largest absolute Gasteiger partial charge is 0.497 e. The minimum absolute atomic E-state index is 0.0562. The Bertz CT molecular complexity index is 1810. The normalized spacial score (nSPS) is 15.8. The molecule has 4 aromatic heterocycles. The summed E-state index contributed by atoms with van der Waals surface area (Å²) in [5.41, 5.74) is 2.40. The molecule has 0 bridgehead atoms. The highest BCUT2D eigenvalue weighted by Crippen LogP contribution is 2.41. The zero-order valence-electron chi connectivity index (χ0n) is 22.3. The quantitative estimate of drug-likeness (QED) is 0.327. The molecule has 13 heteroatoms. The topological polar surface area (TPSA) is 109 Å². The minimum Gasteiger partial charge on any atom is -0.497 e. The molecule has 2 N–H and O–H groups in total. The van der Waals surface area contributed by atoms with E-state index in [0.717, 1.165) is 4.68 Å². The summed E-state index contributed by atoms with van der Waals surface area (Å²) in [7, 11) is 3.01. The average Bonchev–Trinajstić information content (AvgIpc) is 3.50. The maximum atomic E-state index is 14.0. The number of rotatable bonds is 6. The molecule has 5 heterocycles. The van der Waals surface area contributed by atoms with Gasteiger partial charge in [0.2, 0.25) is 5.62 Å². The summed E-state index contributed by atoms with van der Waals surface area (Å²) in [6.45, 7) is 0.835. The molecule has 1 aliphatic rings. The number of nitrogens with zero attached hydrogens (tertiary/aromatic N) is 7. The van der Waals surface area contributed by atoms with Gasteiger partial charge in [0, 0.05) is 50.4 Å². The van der Waals surface area contributed by atoms with E-state index in [-0.39, 0.29) is 17.7 Å². The van der Waals surface area contributed by atoms with Crippen molar-refractivity contribution in [1.82, 2.24) is 33.8 Å². The van der Waals surface area contributed by atoms with Crippen LogP contribution in [0.25, 0.3) is 16.8 Å². The number of aromatic nitrogens is 6. The lowest BCUT2D eigenvalue weighted by molar-refractivity contribution is -0.140. The third-order valence-corrected chi connectivity index (χ3v) is 7.26. The smallest absolute Gasteiger partial charge is 0.435 e. The number of aryl methyl sites for hydroxylation is 1. The number of halogens is 3. The molecule has 10 nitrogen and oxygen atoms in total. The molecule has 0 saturated carbocycles. The van der Waals surface area contributed by atoms with Crippen molar-refractivity contribution >= 4 is 5.65 Å². The maximum absolute atomic E-state index is 14.0. The molecule has 0 amide bonds. The van der Waals surface area contributed by atoms with Gasteiger partial charge >= 0.3 is 6.18 Å². The maximum Gasteiger partial charge on any atom is 0.435 e. The van der Waals surface area contributed by atoms with E-state index in [1.54, 1.807) is 60.3 Å². The molecule has 5 aromatic rings. The number of methoxy groups -OCH3 is 1. The third-order valence-electron chi connectivity index (χ3n) is 7.26. The first kappa shape index (κ1) is 26.7. The Morgan fingerprint density at radius 3 is 2.68 bits per heavy atom. The van der Waals surface area contributed by atoms with Gasteiger partial charge in [-0.3, -0.25) is 24.4 Å². The number of benzene rings is 1. The van der Waals surface area contributed by atoms with Gasteiger partial charge in [-0.25, -0.2) is 4.68 Å². The van der Waals surface area contributed by atoms with Crippen LogP contribution in [0.5, 0.6) is 5.75 Å². The van der Waals surface area contributed by atoms with Crippen molar-refractivity contribution < 1.29 is 23.0 Å². The summed E-state index contributed by atoms with van der Waals surface area (Å²) in [6, 6.07) is 12.4. The fourth-order valence-corrected chi connectivity index (χ4v) is 5.38. The van der Waals surface area contributed by atoms with Crippen LogP contribution in [-0.4, -0.2) is 52.6 Å². The second-order valence-corrected chi connectivity index (χ2v) is 9.97. The highest BCUT2D eigenvalue weighted by Gasteiger charge is 2.39. The van der Waals surface area contributed by atoms with E-state index in [2.05, 4.69) is 15.2 Å². The Kier molecular flexibility index (Phi) is 6.62. The number of aliphatic hydroxyl groups excluding tert-OH is 1. The molecule has 1 atom stereocenters. The standard InChI is InChI=1S/C28H27F3N8O2/c1-36-16-23(25(35-36)28(29,30)31)21-11-17(14-39-27(32)38-9-4-3-5-24(38)34-39)12-22-20(21)7-10-37(26(22)40)15-18-13-19(41-2)6-8-33-18/h3-6,8-9,11-13,16,26,32,40H,7,10,14-15H2,1-2H3. The molecule has 0 aliphatic carbocycles. The number of hydrogen-bond acceptors (Lipinski definition) is 7. The predicted octanol–water partition coefficient (Wildman–Crippen LogP) is 3.54. The van der Waals surface area contributed by atoms with E-state index in [9.17, 15) is 18.3 Å². The monoisotopic (exact) mass is 564 g/mol. The predicted molar refractivity (Wildman–Crippen MR) is 142 cm³/mol. The summed E-state index contributed by atoms with van der Waals surface area (Å²) in [5, 5.41) is 28.3. The first-order valence-corrected chi connectivity index (χ1v) is 12.9. The van der Waals surface area contributed by atoms with Crippen LogP contribution in [0.3, 0.4) is 0 Å². The van der Waals surface area contributed by atoms with Crippen LogP contribution in [0.1, 0.15) is 34.3 Å². The van der Waals surface area contributed by atoms with Crippen LogP contribution in [-0.2, 0) is 32.7 Å². The highest BCUT2D eigenvalue weighted by atomic mass is 19.4. The molecule has 6 rings (SSSR count). The number of ether oxygens (including phenoxy) is 1. The van der Waals surface area contributed by atoms with Crippen molar-refractivity contribution in [2.24, 2.45) is 7.05 Å². The number of alkyl halides is 3. The zero-order valence-corrected chi connectivity index (χ0v) is 22.3. The zero-order chi connectivity index (χ0) is 28.9. The van der Waals surface area contributed by atoms with Crippen molar-refractivity contribution in [3.05, 3.63) is 94.8 Å². The second kappa shape index (κ2) is 10.2. The molecular weight excluding hydrogens is 537 g/mol. The summed E-state index contributed by atoms with van der Waals surface area (Å²) >= 11 is 0. The lowest BCUT2D eigenvalue weighted by atomic mass is 9.87. The van der Waals surface area contributed by atoms with Crippen LogP contribution in [0, 0.1) is 5.41 Å². The van der Waals surface area contributed by atoms with Gasteiger partial charge in [0.25, 0.3) is 0 Å². The Balaban J connectivity index is 1.46. The summed E-state index contributed by atoms with van der Waals surface area (Å²) in [5.74, 6) is 0.637. The molecule has 1 unspecified atom stereocenters. The Morgan fingerprint density at radius 2 is 1.93 bits per heavy atom. The van der Waals surface area contributed by atoms with E-state index in [4.69, 9.17) is 10.1 Å². The van der Waals surface area contributed by atoms with E-state index in [0.29, 0.717) is 58.9 Å². The van der Waals surface area contributed by atoms with Gasteiger partial charge in [0.1, 0.15) is 12.0 Å². The van der Waals surface area contributed by atoms with E-state index in [1.165, 1.54) is 17.9 Å². The number of pyridine rings is 2. The van der Waals surface area contributed by atoms with Gasteiger partial charge in [0.05, 0.1) is 19.3 Å². The number of fused-ring (bicyclic) bond motifs is 2. The Hall–Kier alpha value is -4.49. The van der Waals surface area contributed by atoms with Crippen LogP contribution in [0.4, 0.5) is 13.2 Å². The summed E-state index contributed by atoms with van der Waals surface area (Å²) < 4.78 is 51.7. The molecule has 0 radical (unpaired) electrons. The fraction of sp³-hybridized carbons (Fsp3) is 0.286. The molecule has 0 spiro atoms. The highest BCUT2D eigenvalue weighted by molar-refractivity contribution is 5.72. The Labute approximate surface area is 232 Å². The lowest BCUT2D eigenvalue weighted by Gasteiger charge is -2.35. The first-order valence-electron chi connectivity index (χ1n) is 12.9. The average molecular weight is 565 g/mol. The van der Waals surface area contributed by atoms with Gasteiger partial charge in [-0.2, -0.15) is 23.4 Å². The molecular formula is C28H27F3N8O2. The molecule has 0 fully saturated rings. The third kappa shape index (κ3) is 4.98. The van der Waals surface area contributed by atoms with E-state index in [1.807, 2.05) is 11.0 Å². The lowest BCUT2D eigenvalue weighted by Crippen LogP contribution is -2.35. The number of aliphatic hydroxyl groups is 1.